The van der Waals surface area contributed by atoms with Gasteiger partial charge in [-0.05, 0) is 75.8 Å². The van der Waals surface area contributed by atoms with E-state index in [4.69, 9.17) is 25.3 Å². The van der Waals surface area contributed by atoms with Gasteiger partial charge in [0.15, 0.2) is 30.7 Å². The molecule has 0 atom stereocenters. The van der Waals surface area contributed by atoms with Crippen LogP contribution in [0.25, 0.3) is 39.1 Å². The van der Waals surface area contributed by atoms with E-state index in [1.807, 2.05) is 48.5 Å². The highest BCUT2D eigenvalue weighted by molar-refractivity contribution is 6.07. The third kappa shape index (κ3) is 10.4. The maximum atomic E-state index is 13.4. The number of nitrogens with zero attached hydrogens (tertiary/aromatic N) is 7. The van der Waals surface area contributed by atoms with Crippen molar-refractivity contribution in [2.24, 2.45) is 15.4 Å². The fourth-order valence-corrected chi connectivity index (χ4v) is 3.67. The highest BCUT2D eigenvalue weighted by Gasteiger charge is 2.12. The molecule has 0 aliphatic rings. The second-order valence-corrected chi connectivity index (χ2v) is 8.49. The van der Waals surface area contributed by atoms with Crippen LogP contribution < -0.4 is 14.2 Å². The van der Waals surface area contributed by atoms with Crippen molar-refractivity contribution in [2.75, 3.05) is 20.6 Å². The molecule has 0 saturated carbocycles. The van der Waals surface area contributed by atoms with Gasteiger partial charge in [0.2, 0.25) is 0 Å². The SMILES string of the molecule is COc1ccc(/C=C/C(N=O)=C(\C/C=C/c2ccccc2)C(=O)/C=C/c2ccc(OCN=[N+]=[N-])c(OCN=[N+]=[N-])c2)cc1. The Balaban J connectivity index is 1.92. The Morgan fingerprint density at radius 3 is 2.07 bits per heavy atom. The molecule has 12 heteroatoms. The van der Waals surface area contributed by atoms with Crippen LogP contribution in [0.15, 0.2) is 118 Å². The van der Waals surface area contributed by atoms with Crippen molar-refractivity contribution in [3.05, 3.63) is 145 Å². The van der Waals surface area contributed by atoms with E-state index >= 15 is 0 Å². The Kier molecular flexibility index (Phi) is 12.8. The van der Waals surface area contributed by atoms with Crippen molar-refractivity contribution in [1.82, 2.24) is 0 Å². The van der Waals surface area contributed by atoms with Crippen LogP contribution in [0.3, 0.4) is 0 Å². The first-order chi connectivity index (χ1) is 21.1. The maximum absolute atomic E-state index is 13.4. The molecule has 0 aromatic heterocycles. The molecule has 0 N–H and O–H groups in total. The lowest BCUT2D eigenvalue weighted by Gasteiger charge is -2.11. The highest BCUT2D eigenvalue weighted by atomic mass is 16.5. The molecule has 0 aliphatic heterocycles. The van der Waals surface area contributed by atoms with Crippen LogP contribution in [0.4, 0.5) is 0 Å². The van der Waals surface area contributed by atoms with Gasteiger partial charge in [-0.3, -0.25) is 4.79 Å². The van der Waals surface area contributed by atoms with Crippen molar-refractivity contribution >= 4 is 24.0 Å². The predicted octanol–water partition coefficient (Wildman–Crippen LogP) is 8.41. The summed E-state index contributed by atoms with van der Waals surface area (Å²) in [5.41, 5.74) is 19.5. The number of benzene rings is 3. The topological polar surface area (TPSA) is 172 Å². The maximum Gasteiger partial charge on any atom is 0.184 e. The first-order valence-corrected chi connectivity index (χ1v) is 12.8. The quantitative estimate of drug-likeness (QED) is 0.0414. The van der Waals surface area contributed by atoms with Crippen LogP contribution >= 0.6 is 0 Å². The number of rotatable bonds is 16. The Morgan fingerprint density at radius 2 is 1.42 bits per heavy atom. The van der Waals surface area contributed by atoms with Crippen molar-refractivity contribution in [3.8, 4) is 17.2 Å². The lowest BCUT2D eigenvalue weighted by Crippen LogP contribution is -2.01. The fraction of sp³-hybridized carbons (Fsp3) is 0.129. The first kappa shape index (κ1) is 31.4. The van der Waals surface area contributed by atoms with Crippen molar-refractivity contribution in [2.45, 2.75) is 6.42 Å². The second kappa shape index (κ2) is 17.6. The number of ether oxygens (including phenoxy) is 3. The average molecular weight is 578 g/mol. The number of nitroso groups, excluding NO2 is 1. The smallest absolute Gasteiger partial charge is 0.184 e. The number of ketones is 1. The molecule has 3 aromatic rings. The van der Waals surface area contributed by atoms with E-state index in [0.717, 1.165) is 11.1 Å². The third-order valence-electron chi connectivity index (χ3n) is 5.76. The molecule has 0 heterocycles. The molecule has 0 aliphatic carbocycles. The summed E-state index contributed by atoms with van der Waals surface area (Å²) in [6.07, 6.45) is 9.86. The molecule has 3 aromatic carbocycles. The normalized spacial score (nSPS) is 11.5. The number of allylic oxidation sites excluding steroid dienone is 4. The second-order valence-electron chi connectivity index (χ2n) is 8.49. The van der Waals surface area contributed by atoms with Crippen LogP contribution in [0.1, 0.15) is 23.1 Å². The number of azide groups is 2. The molecule has 0 spiro atoms. The average Bonchev–Trinajstić information content (AvgIpc) is 3.04. The highest BCUT2D eigenvalue weighted by Crippen LogP contribution is 2.29. The molecular weight excluding hydrogens is 550 g/mol. The first-order valence-electron chi connectivity index (χ1n) is 12.8. The van der Waals surface area contributed by atoms with Gasteiger partial charge in [0.25, 0.3) is 0 Å². The molecule has 216 valence electrons. The summed E-state index contributed by atoms with van der Waals surface area (Å²) >= 11 is 0. The molecule has 0 unspecified atom stereocenters. The molecule has 0 radical (unpaired) electrons. The lowest BCUT2D eigenvalue weighted by molar-refractivity contribution is -0.111. The predicted molar refractivity (Wildman–Crippen MR) is 165 cm³/mol. The summed E-state index contributed by atoms with van der Waals surface area (Å²) in [5.74, 6) is 0.711. The number of methoxy groups -OCH3 is 1. The molecule has 3 rings (SSSR count). The standard InChI is InChI=1S/C31H27N7O5/c1-41-26-15-10-24(11-16-26)12-17-28(36-40)27(9-5-8-23-6-3-2-4-7-23)29(39)18-13-25-14-19-30(42-21-34-37-32)31(20-25)43-22-35-38-33/h2-8,10-20H,9,21-22H2,1H3/b8-5+,17-12+,18-13+,28-27-. The van der Waals surface area contributed by atoms with Crippen LogP contribution in [0.2, 0.25) is 0 Å². The summed E-state index contributed by atoms with van der Waals surface area (Å²) in [6, 6.07) is 21.5. The lowest BCUT2D eigenvalue weighted by atomic mass is 10.0. The zero-order valence-electron chi connectivity index (χ0n) is 23.2. The van der Waals surface area contributed by atoms with Gasteiger partial charge in [-0.25, -0.2) is 0 Å². The molecular formula is C31H27N7O5. The van der Waals surface area contributed by atoms with Gasteiger partial charge in [-0.2, -0.15) is 0 Å². The van der Waals surface area contributed by atoms with Crippen LogP contribution in [0.5, 0.6) is 17.2 Å². The molecule has 0 amide bonds. The van der Waals surface area contributed by atoms with E-state index in [1.165, 1.54) is 18.2 Å². The Bertz CT molecular complexity index is 1620. The van der Waals surface area contributed by atoms with Gasteiger partial charge in [-0.1, -0.05) is 83.1 Å². The Labute approximate surface area is 247 Å². The van der Waals surface area contributed by atoms with Gasteiger partial charge >= 0.3 is 0 Å². The molecule has 0 bridgehead atoms. The van der Waals surface area contributed by atoms with Gasteiger partial charge in [0.05, 0.1) is 7.11 Å². The summed E-state index contributed by atoms with van der Waals surface area (Å²) in [6.45, 7) is -0.589. The number of hydrogen-bond acceptors (Lipinski definition) is 8. The molecule has 0 saturated heterocycles. The summed E-state index contributed by atoms with van der Waals surface area (Å²) < 4.78 is 16.0. The minimum Gasteiger partial charge on any atom is -0.497 e. The van der Waals surface area contributed by atoms with E-state index in [9.17, 15) is 9.70 Å². The van der Waals surface area contributed by atoms with Crippen LogP contribution in [0, 0.1) is 4.91 Å². The fourth-order valence-electron chi connectivity index (χ4n) is 3.67. The summed E-state index contributed by atoms with van der Waals surface area (Å²) in [5, 5.41) is 9.83. The van der Waals surface area contributed by atoms with Gasteiger partial charge in [0, 0.05) is 15.4 Å². The zero-order chi connectivity index (χ0) is 30.7. The zero-order valence-corrected chi connectivity index (χ0v) is 23.2. The minimum atomic E-state index is -0.424. The summed E-state index contributed by atoms with van der Waals surface area (Å²) in [4.78, 5) is 30.6. The van der Waals surface area contributed by atoms with E-state index in [1.54, 1.807) is 49.6 Å². The van der Waals surface area contributed by atoms with Crippen molar-refractivity contribution in [3.63, 3.8) is 0 Å². The van der Waals surface area contributed by atoms with E-state index < -0.39 is 5.78 Å². The van der Waals surface area contributed by atoms with Gasteiger partial charge < -0.3 is 14.2 Å². The van der Waals surface area contributed by atoms with Crippen molar-refractivity contribution in [1.29, 1.82) is 0 Å². The van der Waals surface area contributed by atoms with E-state index in [-0.39, 0.29) is 42.7 Å². The third-order valence-corrected chi connectivity index (χ3v) is 5.76. The van der Waals surface area contributed by atoms with Crippen LogP contribution in [-0.4, -0.2) is 26.4 Å². The molecule has 43 heavy (non-hydrogen) atoms. The molecule has 0 fully saturated rings. The largest absolute Gasteiger partial charge is 0.497 e. The van der Waals surface area contributed by atoms with E-state index in [2.05, 4.69) is 25.2 Å². The molecule has 12 nitrogen and oxygen atoms in total. The minimum absolute atomic E-state index is 0.0108. The number of hydrogen-bond donors (Lipinski definition) is 0. The monoisotopic (exact) mass is 577 g/mol. The van der Waals surface area contributed by atoms with Gasteiger partial charge in [0.1, 0.15) is 11.4 Å². The van der Waals surface area contributed by atoms with Crippen molar-refractivity contribution < 1.29 is 19.0 Å². The van der Waals surface area contributed by atoms with Crippen LogP contribution in [-0.2, 0) is 4.79 Å². The number of carbonyl (C=O) groups excluding carboxylic acids is 1. The van der Waals surface area contributed by atoms with Gasteiger partial charge in [-0.15, -0.1) is 4.91 Å². The number of carbonyl (C=O) groups is 1. The Hall–Kier alpha value is -6.09. The summed E-state index contributed by atoms with van der Waals surface area (Å²) in [7, 11) is 1.57. The Morgan fingerprint density at radius 1 is 0.791 bits per heavy atom. The van der Waals surface area contributed by atoms with E-state index in [0.29, 0.717) is 11.3 Å².